The number of rotatable bonds is 4. The Morgan fingerprint density at radius 1 is 1.29 bits per heavy atom. The molecule has 3 rings (SSSR count). The largest absolute Gasteiger partial charge is 0.493 e. The Morgan fingerprint density at radius 2 is 2.05 bits per heavy atom. The van der Waals surface area contributed by atoms with Gasteiger partial charge in [-0.3, -0.25) is 0 Å². The number of thioether (sulfide) groups is 1. The first kappa shape index (κ1) is 14.9. The molecular formula is C17H18BrNOS. The van der Waals surface area contributed by atoms with Crippen molar-refractivity contribution in [1.29, 1.82) is 0 Å². The van der Waals surface area contributed by atoms with Crippen molar-refractivity contribution in [3.8, 4) is 5.75 Å². The molecule has 2 N–H and O–H groups in total. The van der Waals surface area contributed by atoms with Gasteiger partial charge in [0.2, 0.25) is 0 Å². The summed E-state index contributed by atoms with van der Waals surface area (Å²) in [4.78, 5) is 1.26. The summed E-state index contributed by atoms with van der Waals surface area (Å²) < 4.78 is 6.88. The van der Waals surface area contributed by atoms with E-state index in [0.29, 0.717) is 0 Å². The molecule has 0 amide bonds. The van der Waals surface area contributed by atoms with Gasteiger partial charge >= 0.3 is 0 Å². The van der Waals surface area contributed by atoms with Crippen LogP contribution in [0.5, 0.6) is 5.75 Å². The predicted molar refractivity (Wildman–Crippen MR) is 92.2 cm³/mol. The van der Waals surface area contributed by atoms with Crippen LogP contribution >= 0.6 is 27.7 Å². The van der Waals surface area contributed by atoms with Gasteiger partial charge in [-0.05, 0) is 53.6 Å². The highest BCUT2D eigenvalue weighted by Crippen LogP contribution is 2.35. The Hall–Kier alpha value is -0.970. The standard InChI is InChI=1S/C17H18BrNOS/c1-21-15-4-2-11(3-5-15)16(19)10-13-9-14(18)8-12-6-7-20-17(12)13/h2-5,8-9,16H,6-7,10,19H2,1H3. The van der Waals surface area contributed by atoms with E-state index >= 15 is 0 Å². The average molecular weight is 364 g/mol. The fourth-order valence-corrected chi connectivity index (χ4v) is 3.66. The van der Waals surface area contributed by atoms with Crippen molar-refractivity contribution in [1.82, 2.24) is 0 Å². The van der Waals surface area contributed by atoms with Crippen molar-refractivity contribution in [2.24, 2.45) is 5.73 Å². The molecule has 0 fully saturated rings. The summed E-state index contributed by atoms with van der Waals surface area (Å²) in [6, 6.07) is 12.8. The lowest BCUT2D eigenvalue weighted by Crippen LogP contribution is -2.13. The Morgan fingerprint density at radius 3 is 2.76 bits per heavy atom. The highest BCUT2D eigenvalue weighted by atomic mass is 79.9. The Balaban J connectivity index is 1.82. The molecule has 0 aliphatic carbocycles. The third-order valence-electron chi connectivity index (χ3n) is 3.81. The summed E-state index contributed by atoms with van der Waals surface area (Å²) in [5.74, 6) is 1.04. The van der Waals surface area contributed by atoms with Crippen LogP contribution in [0.4, 0.5) is 0 Å². The number of hydrogen-bond donors (Lipinski definition) is 1. The van der Waals surface area contributed by atoms with Gasteiger partial charge in [0.25, 0.3) is 0 Å². The van der Waals surface area contributed by atoms with Gasteiger partial charge in [-0.15, -0.1) is 11.8 Å². The molecule has 1 aliphatic rings. The lowest BCUT2D eigenvalue weighted by molar-refractivity contribution is 0.352. The number of nitrogens with two attached hydrogens (primary N) is 1. The zero-order valence-corrected chi connectivity index (χ0v) is 14.3. The van der Waals surface area contributed by atoms with Crippen LogP contribution < -0.4 is 10.5 Å². The van der Waals surface area contributed by atoms with Gasteiger partial charge in [-0.25, -0.2) is 0 Å². The summed E-state index contributed by atoms with van der Waals surface area (Å²) in [5.41, 5.74) is 10.0. The molecule has 4 heteroatoms. The molecule has 1 heterocycles. The van der Waals surface area contributed by atoms with E-state index in [1.54, 1.807) is 11.8 Å². The molecule has 0 radical (unpaired) electrons. The van der Waals surface area contributed by atoms with Crippen molar-refractivity contribution in [3.63, 3.8) is 0 Å². The van der Waals surface area contributed by atoms with Crippen LogP contribution in [-0.4, -0.2) is 12.9 Å². The topological polar surface area (TPSA) is 35.2 Å². The van der Waals surface area contributed by atoms with Crippen LogP contribution in [0, 0.1) is 0 Å². The van der Waals surface area contributed by atoms with Crippen molar-refractivity contribution < 1.29 is 4.74 Å². The molecule has 1 aliphatic heterocycles. The quantitative estimate of drug-likeness (QED) is 0.820. The van der Waals surface area contributed by atoms with E-state index in [2.05, 4.69) is 58.6 Å². The molecule has 2 aromatic rings. The number of benzene rings is 2. The smallest absolute Gasteiger partial charge is 0.125 e. The highest BCUT2D eigenvalue weighted by molar-refractivity contribution is 9.10. The van der Waals surface area contributed by atoms with E-state index in [4.69, 9.17) is 10.5 Å². The van der Waals surface area contributed by atoms with E-state index in [0.717, 1.165) is 29.7 Å². The van der Waals surface area contributed by atoms with Crippen LogP contribution in [0.2, 0.25) is 0 Å². The van der Waals surface area contributed by atoms with Gasteiger partial charge in [0, 0.05) is 21.8 Å². The van der Waals surface area contributed by atoms with Gasteiger partial charge in [-0.2, -0.15) is 0 Å². The van der Waals surface area contributed by atoms with Crippen molar-refractivity contribution in [2.75, 3.05) is 12.9 Å². The van der Waals surface area contributed by atoms with E-state index < -0.39 is 0 Å². The maximum Gasteiger partial charge on any atom is 0.125 e. The maximum atomic E-state index is 6.39. The Kier molecular flexibility index (Phi) is 4.57. The molecule has 0 saturated carbocycles. The first-order valence-corrected chi connectivity index (χ1v) is 9.03. The lowest BCUT2D eigenvalue weighted by Gasteiger charge is -2.15. The second-order valence-electron chi connectivity index (χ2n) is 5.24. The molecule has 110 valence electrons. The summed E-state index contributed by atoms with van der Waals surface area (Å²) in [6.07, 6.45) is 3.86. The monoisotopic (exact) mass is 363 g/mol. The predicted octanol–water partition coefficient (Wildman–Crippen LogP) is 4.35. The summed E-state index contributed by atoms with van der Waals surface area (Å²) in [5, 5.41) is 0. The molecule has 0 saturated heterocycles. The number of halogens is 1. The zero-order valence-electron chi connectivity index (χ0n) is 11.9. The maximum absolute atomic E-state index is 6.39. The molecule has 0 bridgehead atoms. The second-order valence-corrected chi connectivity index (χ2v) is 7.03. The average Bonchev–Trinajstić information content (AvgIpc) is 2.95. The summed E-state index contributed by atoms with van der Waals surface area (Å²) in [7, 11) is 0. The minimum absolute atomic E-state index is 0.0106. The minimum atomic E-state index is -0.0106. The van der Waals surface area contributed by atoms with E-state index in [1.165, 1.54) is 21.6 Å². The molecule has 0 aromatic heterocycles. The third-order valence-corrected chi connectivity index (χ3v) is 5.01. The van der Waals surface area contributed by atoms with Crippen LogP contribution in [0.25, 0.3) is 0 Å². The van der Waals surface area contributed by atoms with E-state index in [1.807, 2.05) is 0 Å². The number of hydrogen-bond acceptors (Lipinski definition) is 3. The van der Waals surface area contributed by atoms with Crippen LogP contribution in [0.3, 0.4) is 0 Å². The van der Waals surface area contributed by atoms with E-state index in [-0.39, 0.29) is 6.04 Å². The highest BCUT2D eigenvalue weighted by Gasteiger charge is 2.19. The molecule has 2 nitrogen and oxygen atoms in total. The second kappa shape index (κ2) is 6.42. The molecule has 2 aromatic carbocycles. The van der Waals surface area contributed by atoms with Crippen molar-refractivity contribution in [2.45, 2.75) is 23.8 Å². The Bertz CT molecular complexity index is 642. The van der Waals surface area contributed by atoms with Crippen LogP contribution in [-0.2, 0) is 12.8 Å². The lowest BCUT2D eigenvalue weighted by atomic mass is 9.97. The van der Waals surface area contributed by atoms with Gasteiger partial charge < -0.3 is 10.5 Å². The fourth-order valence-electron chi connectivity index (χ4n) is 2.70. The minimum Gasteiger partial charge on any atom is -0.493 e. The van der Waals surface area contributed by atoms with Gasteiger partial charge in [0.1, 0.15) is 5.75 Å². The SMILES string of the molecule is CSc1ccc(C(N)Cc2cc(Br)cc3c2OCC3)cc1. The van der Waals surface area contributed by atoms with Crippen molar-refractivity contribution in [3.05, 3.63) is 57.6 Å². The zero-order chi connectivity index (χ0) is 14.8. The van der Waals surface area contributed by atoms with E-state index in [9.17, 15) is 0 Å². The summed E-state index contributed by atoms with van der Waals surface area (Å²) >= 11 is 5.33. The first-order valence-electron chi connectivity index (χ1n) is 7.01. The normalized spacial score (nSPS) is 14.6. The van der Waals surface area contributed by atoms with Gasteiger partial charge in [0.05, 0.1) is 6.61 Å². The molecule has 1 unspecified atom stereocenters. The first-order chi connectivity index (χ1) is 10.2. The number of ether oxygens (including phenoxy) is 1. The van der Waals surface area contributed by atoms with Crippen molar-refractivity contribution >= 4 is 27.7 Å². The molecular weight excluding hydrogens is 346 g/mol. The Labute approximate surface area is 138 Å². The molecule has 21 heavy (non-hydrogen) atoms. The third kappa shape index (κ3) is 3.28. The fraction of sp³-hybridized carbons (Fsp3) is 0.294. The summed E-state index contributed by atoms with van der Waals surface area (Å²) in [6.45, 7) is 0.774. The number of fused-ring (bicyclic) bond motifs is 1. The van der Waals surface area contributed by atoms with Crippen LogP contribution in [0.15, 0.2) is 45.8 Å². The van der Waals surface area contributed by atoms with Gasteiger partial charge in [-0.1, -0.05) is 28.1 Å². The molecule has 1 atom stereocenters. The van der Waals surface area contributed by atoms with Gasteiger partial charge in [0.15, 0.2) is 0 Å². The van der Waals surface area contributed by atoms with Crippen LogP contribution in [0.1, 0.15) is 22.7 Å². The molecule has 0 spiro atoms.